The van der Waals surface area contributed by atoms with Gasteiger partial charge in [0.1, 0.15) is 0 Å². The van der Waals surface area contributed by atoms with Crippen LogP contribution in [0.15, 0.2) is 47.3 Å². The topological polar surface area (TPSA) is 65.7 Å². The van der Waals surface area contributed by atoms with Gasteiger partial charge >= 0.3 is 5.69 Å². The summed E-state index contributed by atoms with van der Waals surface area (Å²) in [6.45, 7) is 0. The molecule has 0 spiro atoms. The zero-order valence-corrected chi connectivity index (χ0v) is 11.2. The van der Waals surface area contributed by atoms with Gasteiger partial charge in [0.2, 0.25) is 0 Å². The lowest BCUT2D eigenvalue weighted by Crippen LogP contribution is -1.99. The number of halogens is 2. The molecule has 3 rings (SSSR count). The molecule has 3 aromatic rings. The number of ketones is 1. The van der Waals surface area contributed by atoms with Gasteiger partial charge in [0, 0.05) is 5.56 Å². The van der Waals surface area contributed by atoms with Crippen molar-refractivity contribution >= 4 is 22.9 Å². The highest BCUT2D eigenvalue weighted by Gasteiger charge is 2.06. The summed E-state index contributed by atoms with van der Waals surface area (Å²) >= 11 is 0. The fourth-order valence-electron chi connectivity index (χ4n) is 2.07. The number of carbonyl (C=O) groups is 1. The van der Waals surface area contributed by atoms with Crippen molar-refractivity contribution in [3.8, 4) is 0 Å². The molecule has 0 aliphatic rings. The Hall–Kier alpha value is -3.02. The van der Waals surface area contributed by atoms with Gasteiger partial charge in [0.05, 0.1) is 11.0 Å². The maximum atomic E-state index is 13.1. The molecule has 0 fully saturated rings. The molecular weight excluding hydrogens is 290 g/mol. The number of nitrogens with one attached hydrogen (secondary N) is 2. The van der Waals surface area contributed by atoms with Crippen molar-refractivity contribution < 1.29 is 13.6 Å². The Kier molecular flexibility index (Phi) is 3.42. The molecule has 110 valence electrons. The lowest BCUT2D eigenvalue weighted by atomic mass is 10.1. The Morgan fingerprint density at radius 1 is 0.955 bits per heavy atom. The van der Waals surface area contributed by atoms with Gasteiger partial charge in [-0.05, 0) is 42.0 Å². The first-order valence-electron chi connectivity index (χ1n) is 6.42. The van der Waals surface area contributed by atoms with Gasteiger partial charge in [0.15, 0.2) is 17.4 Å². The summed E-state index contributed by atoms with van der Waals surface area (Å²) in [5.74, 6) is -2.22. The molecule has 0 aliphatic carbocycles. The normalized spacial score (nSPS) is 11.4. The lowest BCUT2D eigenvalue weighted by molar-refractivity contribution is 0.104. The standard InChI is InChI=1S/C16H10F2N2O2/c17-11-4-1-9(7-12(11)18)2-6-15(21)10-3-5-13-14(8-10)20-16(22)19-13/h1-8H,(H2,19,20,22)/b6-2+. The van der Waals surface area contributed by atoms with E-state index >= 15 is 0 Å². The minimum absolute atomic E-state index is 0.311. The predicted octanol–water partition coefficient (Wildman–Crippen LogP) is 3.03. The van der Waals surface area contributed by atoms with E-state index in [1.54, 1.807) is 18.2 Å². The Balaban J connectivity index is 1.87. The summed E-state index contributed by atoms with van der Waals surface area (Å²) in [5, 5.41) is 0. The van der Waals surface area contributed by atoms with Crippen LogP contribution in [0, 0.1) is 11.6 Å². The summed E-state index contributed by atoms with van der Waals surface area (Å²) in [6.07, 6.45) is 2.66. The number of fused-ring (bicyclic) bond motifs is 1. The molecule has 1 heterocycles. The third kappa shape index (κ3) is 2.71. The number of carbonyl (C=O) groups excluding carboxylic acids is 1. The summed E-state index contributed by atoms with van der Waals surface area (Å²) in [4.78, 5) is 28.4. The summed E-state index contributed by atoms with van der Waals surface area (Å²) in [7, 11) is 0. The monoisotopic (exact) mass is 300 g/mol. The van der Waals surface area contributed by atoms with Gasteiger partial charge in [-0.1, -0.05) is 12.1 Å². The average molecular weight is 300 g/mol. The van der Waals surface area contributed by atoms with Crippen molar-refractivity contribution in [2.24, 2.45) is 0 Å². The highest BCUT2D eigenvalue weighted by molar-refractivity contribution is 6.08. The molecule has 0 aliphatic heterocycles. The molecule has 2 N–H and O–H groups in total. The number of aromatic amines is 2. The molecule has 0 unspecified atom stereocenters. The molecule has 0 radical (unpaired) electrons. The Morgan fingerprint density at radius 2 is 1.73 bits per heavy atom. The molecule has 4 nitrogen and oxygen atoms in total. The second kappa shape index (κ2) is 5.40. The van der Waals surface area contributed by atoms with E-state index in [4.69, 9.17) is 0 Å². The van der Waals surface area contributed by atoms with Crippen LogP contribution in [0.1, 0.15) is 15.9 Å². The number of rotatable bonds is 3. The number of aromatic nitrogens is 2. The Labute approximate surface area is 123 Å². The van der Waals surface area contributed by atoms with Crippen LogP contribution in [0.4, 0.5) is 8.78 Å². The van der Waals surface area contributed by atoms with E-state index in [-0.39, 0.29) is 11.5 Å². The number of allylic oxidation sites excluding steroid dienone is 1. The average Bonchev–Trinajstić information content (AvgIpc) is 2.87. The lowest BCUT2D eigenvalue weighted by Gasteiger charge is -1.97. The minimum Gasteiger partial charge on any atom is -0.306 e. The fourth-order valence-corrected chi connectivity index (χ4v) is 2.07. The number of hydrogen-bond acceptors (Lipinski definition) is 2. The van der Waals surface area contributed by atoms with E-state index in [0.29, 0.717) is 22.2 Å². The predicted molar refractivity (Wildman–Crippen MR) is 78.6 cm³/mol. The van der Waals surface area contributed by atoms with Crippen LogP contribution in [0.25, 0.3) is 17.1 Å². The SMILES string of the molecule is O=C(/C=C/c1ccc(F)c(F)c1)c1ccc2[nH]c(=O)[nH]c2c1. The van der Waals surface area contributed by atoms with E-state index in [2.05, 4.69) is 9.97 Å². The molecule has 0 saturated carbocycles. The van der Waals surface area contributed by atoms with Crippen molar-refractivity contribution in [2.45, 2.75) is 0 Å². The van der Waals surface area contributed by atoms with E-state index in [0.717, 1.165) is 12.1 Å². The molecule has 0 atom stereocenters. The van der Waals surface area contributed by atoms with Gasteiger partial charge < -0.3 is 9.97 Å². The van der Waals surface area contributed by atoms with Crippen LogP contribution in [0.2, 0.25) is 0 Å². The van der Waals surface area contributed by atoms with Crippen LogP contribution in [-0.4, -0.2) is 15.8 Å². The fraction of sp³-hybridized carbons (Fsp3) is 0. The maximum Gasteiger partial charge on any atom is 0.323 e. The molecule has 0 saturated heterocycles. The van der Waals surface area contributed by atoms with Gasteiger partial charge in [-0.25, -0.2) is 13.6 Å². The van der Waals surface area contributed by atoms with Crippen LogP contribution < -0.4 is 5.69 Å². The highest BCUT2D eigenvalue weighted by atomic mass is 19.2. The first-order chi connectivity index (χ1) is 10.5. The van der Waals surface area contributed by atoms with E-state index in [9.17, 15) is 18.4 Å². The minimum atomic E-state index is -0.971. The van der Waals surface area contributed by atoms with Crippen molar-refractivity contribution in [3.63, 3.8) is 0 Å². The van der Waals surface area contributed by atoms with Gasteiger partial charge in [-0.3, -0.25) is 4.79 Å². The number of benzene rings is 2. The molecule has 2 aromatic carbocycles. The van der Waals surface area contributed by atoms with E-state index in [1.807, 2.05) is 0 Å². The summed E-state index contributed by atoms with van der Waals surface area (Å²) in [5.41, 5.74) is 1.53. The molecule has 6 heteroatoms. The molecule has 0 amide bonds. The van der Waals surface area contributed by atoms with Crippen LogP contribution in [-0.2, 0) is 0 Å². The molecule has 1 aromatic heterocycles. The largest absolute Gasteiger partial charge is 0.323 e. The summed E-state index contributed by atoms with van der Waals surface area (Å²) in [6, 6.07) is 8.11. The smallest absolute Gasteiger partial charge is 0.306 e. The highest BCUT2D eigenvalue weighted by Crippen LogP contribution is 2.13. The quantitative estimate of drug-likeness (QED) is 0.577. The second-order valence-electron chi connectivity index (χ2n) is 4.71. The number of hydrogen-bond donors (Lipinski definition) is 2. The number of H-pyrrole nitrogens is 2. The van der Waals surface area contributed by atoms with Crippen molar-refractivity contribution in [3.05, 3.63) is 75.7 Å². The summed E-state index contributed by atoms with van der Waals surface area (Å²) < 4.78 is 25.9. The third-order valence-electron chi connectivity index (χ3n) is 3.17. The Bertz CT molecular complexity index is 954. The molecular formula is C16H10F2N2O2. The van der Waals surface area contributed by atoms with Crippen LogP contribution in [0.5, 0.6) is 0 Å². The zero-order chi connectivity index (χ0) is 15.7. The van der Waals surface area contributed by atoms with E-state index in [1.165, 1.54) is 18.2 Å². The van der Waals surface area contributed by atoms with Gasteiger partial charge in [0.25, 0.3) is 0 Å². The van der Waals surface area contributed by atoms with E-state index < -0.39 is 11.6 Å². The number of imidazole rings is 1. The first kappa shape index (κ1) is 13.9. The van der Waals surface area contributed by atoms with Gasteiger partial charge in [-0.2, -0.15) is 0 Å². The van der Waals surface area contributed by atoms with Crippen molar-refractivity contribution in [2.75, 3.05) is 0 Å². The van der Waals surface area contributed by atoms with Crippen LogP contribution >= 0.6 is 0 Å². The molecule has 22 heavy (non-hydrogen) atoms. The Morgan fingerprint density at radius 3 is 2.50 bits per heavy atom. The van der Waals surface area contributed by atoms with Crippen molar-refractivity contribution in [1.29, 1.82) is 0 Å². The maximum absolute atomic E-state index is 13.1. The zero-order valence-electron chi connectivity index (χ0n) is 11.2. The first-order valence-corrected chi connectivity index (χ1v) is 6.42. The third-order valence-corrected chi connectivity index (χ3v) is 3.17. The van der Waals surface area contributed by atoms with Gasteiger partial charge in [-0.15, -0.1) is 0 Å². The molecule has 0 bridgehead atoms. The van der Waals surface area contributed by atoms with Crippen molar-refractivity contribution in [1.82, 2.24) is 9.97 Å². The van der Waals surface area contributed by atoms with Crippen LogP contribution in [0.3, 0.4) is 0 Å². The second-order valence-corrected chi connectivity index (χ2v) is 4.71.